The summed E-state index contributed by atoms with van der Waals surface area (Å²) in [4.78, 5) is 10.5. The lowest BCUT2D eigenvalue weighted by molar-refractivity contribution is -0.141. The van der Waals surface area contributed by atoms with E-state index in [0.717, 1.165) is 0 Å². The Hall–Kier alpha value is -1.30. The van der Waals surface area contributed by atoms with Gasteiger partial charge in [-0.3, -0.25) is 4.79 Å². The molecule has 15 heavy (non-hydrogen) atoms. The van der Waals surface area contributed by atoms with Crippen LogP contribution in [0, 0.1) is 0 Å². The summed E-state index contributed by atoms with van der Waals surface area (Å²) in [5.41, 5.74) is 5.47. The number of carboxylic acids is 1. The normalized spacial score (nSPS) is 14.6. The molecule has 0 saturated heterocycles. The molecule has 5 N–H and O–H groups in total. The zero-order chi connectivity index (χ0) is 11.6. The van der Waals surface area contributed by atoms with Crippen molar-refractivity contribution in [3.8, 4) is 5.75 Å². The third-order valence-electron chi connectivity index (χ3n) is 1.94. The number of aliphatic hydroxyl groups excluding tert-OH is 1. The van der Waals surface area contributed by atoms with E-state index in [-0.39, 0.29) is 16.3 Å². The standard InChI is InChI=1S/C9H10ClNO4/c10-5-3-4(1-2-6(5)12)8(13)7(11)9(14)15/h1-3,7-8,12-13H,11H2,(H,14,15)/t7-,8+/m1/s1. The molecule has 0 aromatic heterocycles. The van der Waals surface area contributed by atoms with Crippen molar-refractivity contribution in [3.63, 3.8) is 0 Å². The fourth-order valence-electron chi connectivity index (χ4n) is 1.05. The van der Waals surface area contributed by atoms with Gasteiger partial charge in [-0.25, -0.2) is 0 Å². The van der Waals surface area contributed by atoms with E-state index in [1.807, 2.05) is 0 Å². The summed E-state index contributed by atoms with van der Waals surface area (Å²) in [5, 5.41) is 27.2. The molecule has 1 aromatic rings. The molecule has 0 aliphatic carbocycles. The Morgan fingerprint density at radius 3 is 2.53 bits per heavy atom. The lowest BCUT2D eigenvalue weighted by atomic mass is 10.0. The first-order chi connectivity index (χ1) is 6.93. The summed E-state index contributed by atoms with van der Waals surface area (Å²) in [6, 6.07) is 2.46. The molecule has 0 fully saturated rings. The highest BCUT2D eigenvalue weighted by Crippen LogP contribution is 2.27. The van der Waals surface area contributed by atoms with E-state index < -0.39 is 18.1 Å². The van der Waals surface area contributed by atoms with E-state index in [1.165, 1.54) is 18.2 Å². The van der Waals surface area contributed by atoms with Gasteiger partial charge in [0.15, 0.2) is 0 Å². The van der Waals surface area contributed by atoms with Crippen LogP contribution >= 0.6 is 11.6 Å². The fraction of sp³-hybridized carbons (Fsp3) is 0.222. The molecule has 5 nitrogen and oxygen atoms in total. The second-order valence-electron chi connectivity index (χ2n) is 3.02. The van der Waals surface area contributed by atoms with Gasteiger partial charge in [0.1, 0.15) is 17.9 Å². The smallest absolute Gasteiger partial charge is 0.323 e. The van der Waals surface area contributed by atoms with E-state index in [2.05, 4.69) is 0 Å². The Bertz CT molecular complexity index is 382. The summed E-state index contributed by atoms with van der Waals surface area (Å²) in [6.45, 7) is 0. The summed E-state index contributed by atoms with van der Waals surface area (Å²) in [5.74, 6) is -1.46. The molecule has 82 valence electrons. The number of aliphatic hydroxyl groups is 1. The van der Waals surface area contributed by atoms with Crippen LogP contribution in [-0.4, -0.2) is 27.3 Å². The van der Waals surface area contributed by atoms with Crippen LogP contribution in [0.3, 0.4) is 0 Å². The Morgan fingerprint density at radius 1 is 1.47 bits per heavy atom. The molecule has 0 bridgehead atoms. The van der Waals surface area contributed by atoms with Gasteiger partial charge in [0.2, 0.25) is 0 Å². The van der Waals surface area contributed by atoms with Gasteiger partial charge < -0.3 is 21.1 Å². The first-order valence-corrected chi connectivity index (χ1v) is 4.46. The summed E-state index contributed by atoms with van der Waals surface area (Å²) >= 11 is 5.59. The molecular weight excluding hydrogens is 222 g/mol. The van der Waals surface area contributed by atoms with Gasteiger partial charge in [0.05, 0.1) is 5.02 Å². The summed E-state index contributed by atoms with van der Waals surface area (Å²) in [7, 11) is 0. The van der Waals surface area contributed by atoms with E-state index in [4.69, 9.17) is 27.5 Å². The Labute approximate surface area is 90.7 Å². The predicted octanol–water partition coefficient (Wildman–Crippen LogP) is 0.491. The number of aliphatic carboxylic acids is 1. The number of carbonyl (C=O) groups is 1. The van der Waals surface area contributed by atoms with Crippen molar-refractivity contribution in [1.29, 1.82) is 0 Å². The molecule has 1 aromatic carbocycles. The van der Waals surface area contributed by atoms with Crippen LogP contribution in [0.1, 0.15) is 11.7 Å². The van der Waals surface area contributed by atoms with E-state index in [1.54, 1.807) is 0 Å². The zero-order valence-corrected chi connectivity index (χ0v) is 8.35. The minimum Gasteiger partial charge on any atom is -0.506 e. The number of benzene rings is 1. The molecule has 0 aliphatic heterocycles. The van der Waals surface area contributed by atoms with Gasteiger partial charge in [-0.15, -0.1) is 0 Å². The van der Waals surface area contributed by atoms with Crippen molar-refractivity contribution in [2.75, 3.05) is 0 Å². The average Bonchev–Trinajstić information content (AvgIpc) is 2.19. The Morgan fingerprint density at radius 2 is 2.07 bits per heavy atom. The third-order valence-corrected chi connectivity index (χ3v) is 2.24. The van der Waals surface area contributed by atoms with Gasteiger partial charge >= 0.3 is 5.97 Å². The molecule has 0 saturated carbocycles. The fourth-order valence-corrected chi connectivity index (χ4v) is 1.24. The Kier molecular flexibility index (Phi) is 3.52. The first kappa shape index (κ1) is 11.8. The van der Waals surface area contributed by atoms with Crippen molar-refractivity contribution in [3.05, 3.63) is 28.8 Å². The molecule has 0 spiro atoms. The molecular formula is C9H10ClNO4. The molecule has 0 unspecified atom stereocenters. The molecule has 0 radical (unpaired) electrons. The maximum Gasteiger partial charge on any atom is 0.323 e. The second kappa shape index (κ2) is 4.48. The van der Waals surface area contributed by atoms with Gasteiger partial charge in [-0.1, -0.05) is 17.7 Å². The number of carboxylic acid groups (broad SMARTS) is 1. The van der Waals surface area contributed by atoms with Gasteiger partial charge in [0, 0.05) is 0 Å². The quantitative estimate of drug-likeness (QED) is 0.606. The second-order valence-corrected chi connectivity index (χ2v) is 3.43. The molecule has 6 heteroatoms. The van der Waals surface area contributed by atoms with Crippen LogP contribution < -0.4 is 5.73 Å². The van der Waals surface area contributed by atoms with E-state index in [0.29, 0.717) is 0 Å². The highest BCUT2D eigenvalue weighted by molar-refractivity contribution is 6.32. The minimum absolute atomic E-state index is 0.0316. The monoisotopic (exact) mass is 231 g/mol. The van der Waals surface area contributed by atoms with Gasteiger partial charge in [-0.05, 0) is 17.7 Å². The number of halogens is 1. The lowest BCUT2D eigenvalue weighted by Crippen LogP contribution is -2.36. The maximum absolute atomic E-state index is 10.5. The van der Waals surface area contributed by atoms with Crippen molar-refractivity contribution < 1.29 is 20.1 Å². The van der Waals surface area contributed by atoms with Crippen molar-refractivity contribution in [1.82, 2.24) is 0 Å². The first-order valence-electron chi connectivity index (χ1n) is 4.08. The largest absolute Gasteiger partial charge is 0.506 e. The topological polar surface area (TPSA) is 104 Å². The summed E-state index contributed by atoms with van der Waals surface area (Å²) < 4.78 is 0. The highest BCUT2D eigenvalue weighted by atomic mass is 35.5. The van der Waals surface area contributed by atoms with Gasteiger partial charge in [-0.2, -0.15) is 0 Å². The number of aromatic hydroxyl groups is 1. The number of rotatable bonds is 3. The molecule has 0 amide bonds. The zero-order valence-electron chi connectivity index (χ0n) is 7.59. The van der Waals surface area contributed by atoms with Crippen LogP contribution in [0.2, 0.25) is 5.02 Å². The number of hydrogen-bond donors (Lipinski definition) is 4. The average molecular weight is 232 g/mol. The Balaban J connectivity index is 2.96. The minimum atomic E-state index is -1.43. The van der Waals surface area contributed by atoms with Crippen molar-refractivity contribution >= 4 is 17.6 Å². The highest BCUT2D eigenvalue weighted by Gasteiger charge is 2.23. The van der Waals surface area contributed by atoms with Crippen LogP contribution in [-0.2, 0) is 4.79 Å². The number of phenolic OH excluding ortho intramolecular Hbond substituents is 1. The third kappa shape index (κ3) is 2.59. The number of nitrogens with two attached hydrogens (primary N) is 1. The van der Waals surface area contributed by atoms with E-state index in [9.17, 15) is 9.90 Å². The SMILES string of the molecule is N[C@@H](C(=O)O)[C@@H](O)c1ccc(O)c(Cl)c1. The van der Waals surface area contributed by atoms with E-state index >= 15 is 0 Å². The van der Waals surface area contributed by atoms with Gasteiger partial charge in [0.25, 0.3) is 0 Å². The molecule has 2 atom stereocenters. The number of hydrogen-bond acceptors (Lipinski definition) is 4. The van der Waals surface area contributed by atoms with Crippen molar-refractivity contribution in [2.45, 2.75) is 12.1 Å². The number of phenols is 1. The maximum atomic E-state index is 10.5. The summed E-state index contributed by atoms with van der Waals surface area (Å²) in [6.07, 6.45) is -1.36. The van der Waals surface area contributed by atoms with Crippen LogP contribution in [0.4, 0.5) is 0 Å². The van der Waals surface area contributed by atoms with Crippen LogP contribution in [0.5, 0.6) is 5.75 Å². The molecule has 0 heterocycles. The lowest BCUT2D eigenvalue weighted by Gasteiger charge is -2.15. The van der Waals surface area contributed by atoms with Crippen LogP contribution in [0.25, 0.3) is 0 Å². The molecule has 0 aliphatic rings. The van der Waals surface area contributed by atoms with Crippen molar-refractivity contribution in [2.24, 2.45) is 5.73 Å². The van der Waals surface area contributed by atoms with Crippen LogP contribution in [0.15, 0.2) is 18.2 Å². The molecule has 1 rings (SSSR count). The predicted molar refractivity (Wildman–Crippen MR) is 53.7 cm³/mol.